The average molecular weight is 163 g/mol. The van der Waals surface area contributed by atoms with Crippen LogP contribution in [0.1, 0.15) is 0 Å². The van der Waals surface area contributed by atoms with Crippen molar-refractivity contribution in [3.63, 3.8) is 0 Å². The van der Waals surface area contributed by atoms with Crippen molar-refractivity contribution in [1.82, 2.24) is 0 Å². The van der Waals surface area contributed by atoms with Crippen molar-refractivity contribution in [3.05, 3.63) is 13.2 Å². The molecular formula is C3H8CoN2S. The van der Waals surface area contributed by atoms with Crippen LogP contribution in [0.4, 0.5) is 0 Å². The second-order valence-corrected chi connectivity index (χ2v) is 0.874. The summed E-state index contributed by atoms with van der Waals surface area (Å²) in [7, 11) is 0. The van der Waals surface area contributed by atoms with Gasteiger partial charge in [0.2, 0.25) is 0 Å². The van der Waals surface area contributed by atoms with Gasteiger partial charge in [0.15, 0.2) is 5.11 Å². The van der Waals surface area contributed by atoms with E-state index in [9.17, 15) is 0 Å². The third-order valence-electron chi connectivity index (χ3n) is 0. The molecule has 0 heterocycles. The minimum Gasteiger partial charge on any atom is -0.377 e. The van der Waals surface area contributed by atoms with Crippen molar-refractivity contribution in [2.45, 2.75) is 0 Å². The molecule has 0 aliphatic rings. The quantitative estimate of drug-likeness (QED) is 0.390. The number of hydrogen-bond acceptors (Lipinski definition) is 1. The summed E-state index contributed by atoms with van der Waals surface area (Å²) in [6.45, 7) is 6.00. The van der Waals surface area contributed by atoms with Crippen molar-refractivity contribution < 1.29 is 16.8 Å². The largest absolute Gasteiger partial charge is 0.377 e. The second kappa shape index (κ2) is 16.8. The third-order valence-corrected chi connectivity index (χ3v) is 0. The third kappa shape index (κ3) is 22800. The zero-order valence-electron chi connectivity index (χ0n) is 3.81. The van der Waals surface area contributed by atoms with Crippen LogP contribution in [-0.4, -0.2) is 5.11 Å². The molecule has 0 aromatic rings. The molecule has 0 aliphatic heterocycles. The molecule has 0 atom stereocenters. The molecule has 0 rings (SSSR count). The van der Waals surface area contributed by atoms with E-state index in [-0.39, 0.29) is 21.9 Å². The molecule has 0 aromatic carbocycles. The van der Waals surface area contributed by atoms with Crippen LogP contribution in [0.15, 0.2) is 13.2 Å². The van der Waals surface area contributed by atoms with Crippen molar-refractivity contribution in [2.75, 3.05) is 0 Å². The predicted octanol–water partition coefficient (Wildman–Crippen LogP) is -0.0116. The standard InChI is InChI=1S/C2H4.CH4N2S.Co/c1-2;2-1(3)4;/h1-2H2;(H4,2,3,4);. The van der Waals surface area contributed by atoms with E-state index in [0.29, 0.717) is 0 Å². The Morgan fingerprint density at radius 2 is 1.29 bits per heavy atom. The minimum absolute atomic E-state index is 0. The van der Waals surface area contributed by atoms with Crippen LogP contribution in [0.3, 0.4) is 0 Å². The summed E-state index contributed by atoms with van der Waals surface area (Å²) in [5.41, 5.74) is 9.24. The van der Waals surface area contributed by atoms with E-state index in [2.05, 4.69) is 36.8 Å². The maximum atomic E-state index is 4.62. The molecule has 0 saturated heterocycles. The summed E-state index contributed by atoms with van der Waals surface area (Å²) in [5.74, 6) is 0. The first-order valence-corrected chi connectivity index (χ1v) is 1.69. The first-order valence-electron chi connectivity index (χ1n) is 1.28. The first kappa shape index (κ1) is 15.8. The molecular weight excluding hydrogens is 155 g/mol. The van der Waals surface area contributed by atoms with Crippen molar-refractivity contribution in [3.8, 4) is 0 Å². The molecule has 7 heavy (non-hydrogen) atoms. The summed E-state index contributed by atoms with van der Waals surface area (Å²) in [6.07, 6.45) is 0. The molecule has 0 fully saturated rings. The van der Waals surface area contributed by atoms with Gasteiger partial charge < -0.3 is 11.5 Å². The maximum absolute atomic E-state index is 4.62. The Bertz CT molecular complexity index is 44.2. The van der Waals surface area contributed by atoms with Crippen LogP contribution in [0, 0.1) is 0 Å². The van der Waals surface area contributed by atoms with Crippen LogP contribution < -0.4 is 11.5 Å². The summed E-state index contributed by atoms with van der Waals surface area (Å²) in [6, 6.07) is 0. The Labute approximate surface area is 59.1 Å². The van der Waals surface area contributed by atoms with E-state index in [1.165, 1.54) is 0 Å². The molecule has 45 valence electrons. The van der Waals surface area contributed by atoms with Gasteiger partial charge in [0.05, 0.1) is 0 Å². The molecule has 4 N–H and O–H groups in total. The molecule has 0 saturated carbocycles. The van der Waals surface area contributed by atoms with E-state index >= 15 is 0 Å². The Balaban J connectivity index is -0.0000000480. The van der Waals surface area contributed by atoms with Gasteiger partial charge in [-0.3, -0.25) is 0 Å². The van der Waals surface area contributed by atoms with Gasteiger partial charge in [0.1, 0.15) is 0 Å². The van der Waals surface area contributed by atoms with Gasteiger partial charge >= 0.3 is 0 Å². The second-order valence-electron chi connectivity index (χ2n) is 0.402. The molecule has 4 heteroatoms. The fraction of sp³-hybridized carbons (Fsp3) is 0. The first-order chi connectivity index (χ1) is 2.73. The zero-order valence-corrected chi connectivity index (χ0v) is 5.67. The van der Waals surface area contributed by atoms with E-state index in [1.807, 2.05) is 0 Å². The van der Waals surface area contributed by atoms with Gasteiger partial charge in [-0.25, -0.2) is 0 Å². The van der Waals surface area contributed by atoms with Crippen molar-refractivity contribution in [2.24, 2.45) is 11.5 Å². The van der Waals surface area contributed by atoms with E-state index in [0.717, 1.165) is 0 Å². The normalized spacial score (nSPS) is 4.00. The molecule has 0 amide bonds. The Morgan fingerprint density at radius 3 is 1.29 bits per heavy atom. The topological polar surface area (TPSA) is 52.0 Å². The van der Waals surface area contributed by atoms with Crippen LogP contribution in [0.5, 0.6) is 0 Å². The average Bonchev–Trinajstić information content (AvgIpc) is 1.41. The van der Waals surface area contributed by atoms with Gasteiger partial charge in [-0.15, -0.1) is 13.2 Å². The van der Waals surface area contributed by atoms with Crippen LogP contribution >= 0.6 is 12.2 Å². The number of rotatable bonds is 0. The van der Waals surface area contributed by atoms with Crippen molar-refractivity contribution >= 4 is 17.3 Å². The SMILES string of the molecule is C=C.NC(N)=S.[Co]. The Kier molecular flexibility index (Phi) is 37.8. The molecule has 2 nitrogen and oxygen atoms in total. The summed E-state index contributed by atoms with van der Waals surface area (Å²) in [5, 5.41) is 0.000000000000000222. The number of thiocarbonyl (C=S) groups is 1. The minimum atomic E-state index is 0. The Hall–Kier alpha value is -0.0635. The van der Waals surface area contributed by atoms with Crippen molar-refractivity contribution in [1.29, 1.82) is 0 Å². The summed E-state index contributed by atoms with van der Waals surface area (Å²) >= 11 is 4.09. The molecule has 0 aromatic heterocycles. The van der Waals surface area contributed by atoms with Crippen LogP contribution in [0.25, 0.3) is 0 Å². The van der Waals surface area contributed by atoms with Crippen LogP contribution in [0.2, 0.25) is 0 Å². The summed E-state index contributed by atoms with van der Waals surface area (Å²) < 4.78 is 0. The van der Waals surface area contributed by atoms with Gasteiger partial charge in [-0.2, -0.15) is 0 Å². The van der Waals surface area contributed by atoms with Gasteiger partial charge in [0, 0.05) is 16.8 Å². The van der Waals surface area contributed by atoms with E-state index in [4.69, 9.17) is 0 Å². The van der Waals surface area contributed by atoms with E-state index < -0.39 is 0 Å². The van der Waals surface area contributed by atoms with Gasteiger partial charge in [0.25, 0.3) is 0 Å². The molecule has 0 spiro atoms. The zero-order chi connectivity index (χ0) is 5.58. The Morgan fingerprint density at radius 1 is 1.29 bits per heavy atom. The molecule has 0 bridgehead atoms. The smallest absolute Gasteiger partial charge is 0.160 e. The van der Waals surface area contributed by atoms with Gasteiger partial charge in [-0.1, -0.05) is 0 Å². The number of hydrogen-bond donors (Lipinski definition) is 2. The number of nitrogens with two attached hydrogens (primary N) is 2. The maximum Gasteiger partial charge on any atom is 0.160 e. The fourth-order valence-corrected chi connectivity index (χ4v) is 0. The summed E-state index contributed by atoms with van der Waals surface area (Å²) in [4.78, 5) is 0. The monoisotopic (exact) mass is 163 g/mol. The van der Waals surface area contributed by atoms with Crippen LogP contribution in [-0.2, 0) is 16.8 Å². The van der Waals surface area contributed by atoms with Gasteiger partial charge in [-0.05, 0) is 12.2 Å². The molecule has 1 radical (unpaired) electrons. The molecule has 0 aliphatic carbocycles. The molecule has 0 unspecified atom stereocenters. The van der Waals surface area contributed by atoms with E-state index in [1.54, 1.807) is 0 Å². The predicted molar refractivity (Wildman–Crippen MR) is 32.2 cm³/mol. The fourth-order valence-electron chi connectivity index (χ4n) is 0.